The van der Waals surface area contributed by atoms with Gasteiger partial charge in [0, 0.05) is 0 Å². The fourth-order valence-electron chi connectivity index (χ4n) is 7.73. The smallest absolute Gasteiger partial charge is 0.419 e. The topological polar surface area (TPSA) is 565 Å². The zero-order valence-corrected chi connectivity index (χ0v) is 62.3. The first-order valence-corrected chi connectivity index (χ1v) is 44.5. The third-order valence-electron chi connectivity index (χ3n) is 12.3. The Hall–Kier alpha value is -7.73. The molecule has 5 saturated heterocycles. The van der Waals surface area contributed by atoms with Gasteiger partial charge >= 0.3 is 36.0 Å². The lowest BCUT2D eigenvalue weighted by Gasteiger charge is -2.17. The van der Waals surface area contributed by atoms with E-state index >= 15 is 0 Å². The molecule has 0 aromatic heterocycles. The first-order valence-electron chi connectivity index (χ1n) is 28.8. The van der Waals surface area contributed by atoms with Gasteiger partial charge in [0.05, 0.1) is 5.56 Å². The Morgan fingerprint density at radius 3 is 0.944 bits per heavy atom. The molecule has 5 aliphatic rings. The van der Waals surface area contributed by atoms with Gasteiger partial charge in [-0.25, -0.2) is 28.4 Å². The van der Waals surface area contributed by atoms with Crippen molar-refractivity contribution in [3.8, 4) is 23.0 Å². The van der Waals surface area contributed by atoms with Crippen molar-refractivity contribution in [1.29, 1.82) is 0 Å². The molecule has 0 radical (unpaired) electrons. The number of esters is 5. The minimum absolute atomic E-state index is 0.0606. The highest BCUT2D eigenvalue weighted by molar-refractivity contribution is 8.05. The molecule has 0 amide bonds. The third kappa shape index (κ3) is 30.6. The number of hydrogen-bond acceptors (Lipinski definition) is 40. The van der Waals surface area contributed by atoms with Crippen LogP contribution in [0, 0.1) is 12.7 Å². The van der Waals surface area contributed by atoms with E-state index in [1.807, 2.05) is 6.92 Å². The van der Waals surface area contributed by atoms with Crippen LogP contribution >= 0.6 is 0 Å². The fraction of sp³-hybridized carbons (Fsp3) is 0.352. The van der Waals surface area contributed by atoms with Crippen molar-refractivity contribution in [2.75, 3.05) is 58.5 Å². The van der Waals surface area contributed by atoms with Gasteiger partial charge in [-0.2, -0.15) is 97.3 Å². The number of alkyl halides is 3. The predicted octanol–water partition coefficient (Wildman–Crippen LogP) is 0.288. The summed E-state index contributed by atoms with van der Waals surface area (Å²) in [7, 11) is -44.2. The van der Waals surface area contributed by atoms with Crippen molar-refractivity contribution in [1.82, 2.24) is 0 Å². The van der Waals surface area contributed by atoms with Gasteiger partial charge in [-0.15, -0.1) is 0 Å². The highest BCUT2D eigenvalue weighted by Gasteiger charge is 2.44. The lowest BCUT2D eigenvalue weighted by molar-refractivity contribution is -0.158. The Bertz CT molecular complexity index is 5160. The third-order valence-corrected chi connectivity index (χ3v) is 28.9. The summed E-state index contributed by atoms with van der Waals surface area (Å²) in [4.78, 5) is 59.1. The predicted molar refractivity (Wildman–Crippen MR) is 347 cm³/mol. The lowest BCUT2D eigenvalue weighted by Crippen LogP contribution is -2.33. The van der Waals surface area contributed by atoms with E-state index in [1.165, 1.54) is 24.3 Å². The van der Waals surface area contributed by atoms with Crippen molar-refractivity contribution in [2.24, 2.45) is 0 Å². The molecule has 40 nitrogen and oxygen atoms in total. The number of carbonyl (C=O) groups excluding carboxylic acids is 5. The van der Waals surface area contributed by atoms with Crippen LogP contribution < -0.4 is 18.9 Å². The number of ether oxygens (including phenoxy) is 5. The van der Waals surface area contributed by atoms with Crippen LogP contribution in [0.4, 0.5) is 17.6 Å². The van der Waals surface area contributed by atoms with Crippen LogP contribution in [0.15, 0.2) is 133 Å². The molecular weight excluding hydrogens is 1690 g/mol. The largest absolute Gasteiger partial charge is 0.456 e. The molecule has 10 rings (SSSR count). The molecule has 0 saturated carbocycles. The molecule has 5 aromatic rings. The SMILES string of the molecule is CC(OC(=O)C1COS(=O)(=O)CS(=O)(=O)O1)c1ccccc1.Cc1ccc(OC(=O)C2COS(=O)(=O)CS(=O)(=O)O2)cc1.O=C(Oc1ccc(F)cc1)C1COS(=O)(=O)CS(=O)(=O)O1.O=C(Oc1ccccc1)C1COS(=O)(=O)CS(=O)(=O)O1.O=C(Oc1ccccc1C(F)(F)F)C1COS(=O)(=O)CS(=O)(=O)O1. The van der Waals surface area contributed by atoms with Gasteiger partial charge < -0.3 is 23.7 Å². The van der Waals surface area contributed by atoms with Gasteiger partial charge in [0.15, 0.2) is 30.5 Å². The van der Waals surface area contributed by atoms with Crippen LogP contribution in [-0.2, 0) is 178 Å². The van der Waals surface area contributed by atoms with Crippen LogP contribution in [0.2, 0.25) is 0 Å². The maximum atomic E-state index is 12.8. The molecule has 0 spiro atoms. The minimum atomic E-state index is -4.83. The van der Waals surface area contributed by atoms with Gasteiger partial charge in [0.25, 0.3) is 101 Å². The maximum absolute atomic E-state index is 12.8. The van der Waals surface area contributed by atoms with Gasteiger partial charge in [-0.3, -0.25) is 41.8 Å². The highest BCUT2D eigenvalue weighted by Crippen LogP contribution is 2.36. The molecule has 5 heterocycles. The van der Waals surface area contributed by atoms with Crippen LogP contribution in [-0.4, -0.2) is 203 Å². The summed E-state index contributed by atoms with van der Waals surface area (Å²) in [5, 5.41) is -6.93. The Balaban J connectivity index is 0.000000211. The van der Waals surface area contributed by atoms with Crippen molar-refractivity contribution < 1.29 is 191 Å². The van der Waals surface area contributed by atoms with Crippen molar-refractivity contribution in [3.63, 3.8) is 0 Å². The van der Waals surface area contributed by atoms with Gasteiger partial charge in [0.1, 0.15) is 68.0 Å². The standard InChI is InChI=1S/C12H14O8S2.C11H9F3O8S2.C11H12O8S2.C10H9FO8S2.C10H10O8S2/c1-9(10-5-3-2-4-6-10)19-12(13)11-7-18-21(14,15)8-22(16,17)20-11;12-11(13,14)7-3-1-2-4-8(7)21-10(15)9-5-20-23(16,17)6-24(18,19)22-9;1-8-2-4-9(5-3-8)18-11(12)10-6-17-20(13,14)7-21(15,16)19-10;11-7-1-3-8(4-2-7)18-10(12)9-5-17-20(13,14)6-21(15,16)19-9;11-10(17-8-4-2-1-3-5-8)9-6-16-19(12,13)7-20(14,15)18-9/h2-6,9,11H,7-8H2,1H3;1-4,9H,5-6H2;2-5,10H,6-7H2,1H3;1-4,9H,5-6H2;1-5,9H,6-7H2. The monoisotopic (exact) mass is 1740 g/mol. The number of halogens is 4. The van der Waals surface area contributed by atoms with E-state index in [4.69, 9.17) is 18.9 Å². The Morgan fingerprint density at radius 1 is 0.352 bits per heavy atom. The summed E-state index contributed by atoms with van der Waals surface area (Å²) >= 11 is 0. The first kappa shape index (κ1) is 89.2. The second-order valence-electron chi connectivity index (χ2n) is 21.3. The molecule has 54 heteroatoms. The molecule has 0 bridgehead atoms. The number of aryl methyl sites for hydroxylation is 1. The lowest BCUT2D eigenvalue weighted by atomic mass is 10.1. The van der Waals surface area contributed by atoms with Gasteiger partial charge in [-0.1, -0.05) is 78.4 Å². The second-order valence-corrected chi connectivity index (χ2v) is 39.3. The molecule has 6 atom stereocenters. The van der Waals surface area contributed by atoms with E-state index in [2.05, 4.69) is 46.6 Å². The zero-order valence-electron chi connectivity index (χ0n) is 54.2. The van der Waals surface area contributed by atoms with Crippen molar-refractivity contribution >= 4 is 131 Å². The maximum Gasteiger partial charge on any atom is 0.419 e. The van der Waals surface area contributed by atoms with E-state index < -0.39 is 249 Å². The number of hydrogen-bond donors (Lipinski definition) is 0. The van der Waals surface area contributed by atoms with Crippen molar-refractivity contribution in [3.05, 3.63) is 156 Å². The van der Waals surface area contributed by atoms with Crippen molar-refractivity contribution in [2.45, 2.75) is 56.6 Å². The van der Waals surface area contributed by atoms with Gasteiger partial charge in [0.2, 0.25) is 25.4 Å². The zero-order chi connectivity index (χ0) is 80.7. The van der Waals surface area contributed by atoms with E-state index in [1.54, 1.807) is 67.6 Å². The van der Waals surface area contributed by atoms with Crippen LogP contribution in [0.5, 0.6) is 23.0 Å². The van der Waals surface area contributed by atoms with Crippen LogP contribution in [0.3, 0.4) is 0 Å². The summed E-state index contributed by atoms with van der Waals surface area (Å²) in [5.74, 6) is -7.01. The normalized spacial score (nSPS) is 24.1. The molecule has 5 aromatic carbocycles. The van der Waals surface area contributed by atoms with E-state index in [0.717, 1.165) is 48.0 Å². The van der Waals surface area contributed by atoms with E-state index in [9.17, 15) is 126 Å². The number of benzene rings is 5. The molecule has 5 aliphatic heterocycles. The summed E-state index contributed by atoms with van der Waals surface area (Å²) in [6.07, 6.45) is -14.3. The van der Waals surface area contributed by atoms with Crippen LogP contribution in [0.25, 0.3) is 0 Å². The molecule has 108 heavy (non-hydrogen) atoms. The molecular formula is C54H54F4O40S10. The number of rotatable bonds is 11. The quantitative estimate of drug-likeness (QED) is 0.0742. The Labute approximate surface area is 612 Å². The summed E-state index contributed by atoms with van der Waals surface area (Å²) in [6.45, 7) is -0.709. The molecule has 0 aliphatic carbocycles. The summed E-state index contributed by atoms with van der Waals surface area (Å²) in [5.41, 5.74) is 0.363. The van der Waals surface area contributed by atoms with E-state index in [0.29, 0.717) is 11.6 Å². The molecule has 5 fully saturated rings. The molecule has 598 valence electrons. The number of carbonyl (C=O) groups is 5. The fourth-order valence-corrected chi connectivity index (χ4v) is 21.4. The molecule has 6 unspecified atom stereocenters. The van der Waals surface area contributed by atoms with Crippen LogP contribution in [0.1, 0.15) is 29.7 Å². The van der Waals surface area contributed by atoms with E-state index in [-0.39, 0.29) is 17.2 Å². The van der Waals surface area contributed by atoms with Gasteiger partial charge in [-0.05, 0) is 80.1 Å². The molecule has 0 N–H and O–H groups in total. The highest BCUT2D eigenvalue weighted by atomic mass is 32.3. The minimum Gasteiger partial charge on any atom is -0.456 e. The second kappa shape index (κ2) is 36.4. The average molecular weight is 1740 g/mol. The summed E-state index contributed by atoms with van der Waals surface area (Å²) < 4.78 is 345. The summed E-state index contributed by atoms with van der Waals surface area (Å²) in [6, 6.07) is 31.0. The Kier molecular flexibility index (Phi) is 30.1. The average Bonchev–Trinajstić information content (AvgIpc) is 1.78. The number of para-hydroxylation sites is 2. The first-order chi connectivity index (χ1) is 49.7. The Morgan fingerprint density at radius 2 is 0.620 bits per heavy atom.